The number of aromatic hydroxyl groups is 1. The molecule has 2 heterocycles. The first-order chi connectivity index (χ1) is 14.9. The number of rotatable bonds is 5. The summed E-state index contributed by atoms with van der Waals surface area (Å²) in [6.45, 7) is -0.245. The average Bonchev–Trinajstić information content (AvgIpc) is 3.11. The van der Waals surface area contributed by atoms with Crippen molar-refractivity contribution in [2.75, 3.05) is 21.3 Å². The quantitative estimate of drug-likeness (QED) is 0.477. The molecule has 0 saturated heterocycles. The summed E-state index contributed by atoms with van der Waals surface area (Å²) in [5.74, 6) is 5.20. The molecule has 1 aromatic carbocycles. The minimum absolute atomic E-state index is 0.128. The number of carbonyl (C=O) groups excluding carboxylic acids is 2. The summed E-state index contributed by atoms with van der Waals surface area (Å²) in [6.07, 6.45) is 3.85. The smallest absolute Gasteiger partial charge is 0.408 e. The van der Waals surface area contributed by atoms with Crippen molar-refractivity contribution in [1.29, 1.82) is 0 Å². The van der Waals surface area contributed by atoms with E-state index in [1.54, 1.807) is 42.7 Å². The lowest BCUT2D eigenvalue weighted by Gasteiger charge is -2.27. The Labute approximate surface area is 178 Å². The fourth-order valence-corrected chi connectivity index (χ4v) is 3.02. The first kappa shape index (κ1) is 21.5. The van der Waals surface area contributed by atoms with E-state index in [0.717, 1.165) is 0 Å². The molecular formula is C22H21N3O6. The van der Waals surface area contributed by atoms with Crippen LogP contribution in [-0.2, 0) is 20.8 Å². The van der Waals surface area contributed by atoms with Gasteiger partial charge >= 0.3 is 12.1 Å². The Bertz CT molecular complexity index is 1160. The number of hydrogen-bond acceptors (Lipinski definition) is 7. The highest BCUT2D eigenvalue weighted by molar-refractivity contribution is 5.91. The molecule has 3 rings (SSSR count). The van der Waals surface area contributed by atoms with Crippen molar-refractivity contribution in [2.24, 2.45) is 0 Å². The Morgan fingerprint density at radius 3 is 2.68 bits per heavy atom. The molecule has 31 heavy (non-hydrogen) atoms. The molecule has 0 aliphatic heterocycles. The molecule has 1 atom stereocenters. The second kappa shape index (κ2) is 9.09. The van der Waals surface area contributed by atoms with E-state index in [4.69, 9.17) is 9.47 Å². The maximum absolute atomic E-state index is 12.8. The third-order valence-corrected chi connectivity index (χ3v) is 4.59. The highest BCUT2D eigenvalue weighted by atomic mass is 16.5. The van der Waals surface area contributed by atoms with E-state index < -0.39 is 17.6 Å². The van der Waals surface area contributed by atoms with Crippen LogP contribution in [-0.4, -0.2) is 53.6 Å². The van der Waals surface area contributed by atoms with E-state index in [1.165, 1.54) is 32.1 Å². The number of ether oxygens (including phenoxy) is 3. The van der Waals surface area contributed by atoms with Gasteiger partial charge in [-0.3, -0.25) is 10.3 Å². The van der Waals surface area contributed by atoms with Crippen LogP contribution in [0.2, 0.25) is 0 Å². The monoisotopic (exact) mass is 423 g/mol. The SMILES string of the molecule is COC(=O)N[C@](C#Cc1cccnc1)(Cn1cc2ccc(OC)cc2c1O)C(=O)OC. The second-order valence-electron chi connectivity index (χ2n) is 6.54. The van der Waals surface area contributed by atoms with E-state index >= 15 is 0 Å². The van der Waals surface area contributed by atoms with Crippen molar-refractivity contribution in [1.82, 2.24) is 14.9 Å². The fraction of sp³-hybridized carbons (Fsp3) is 0.227. The van der Waals surface area contributed by atoms with Gasteiger partial charge in [0.05, 0.1) is 27.9 Å². The number of nitrogens with one attached hydrogen (secondary N) is 1. The zero-order chi connectivity index (χ0) is 22.4. The normalized spacial score (nSPS) is 12.2. The van der Waals surface area contributed by atoms with Gasteiger partial charge in [-0.15, -0.1) is 0 Å². The third-order valence-electron chi connectivity index (χ3n) is 4.59. The van der Waals surface area contributed by atoms with Gasteiger partial charge in [0.1, 0.15) is 5.75 Å². The van der Waals surface area contributed by atoms with Crippen molar-refractivity contribution in [3.05, 3.63) is 54.5 Å². The van der Waals surface area contributed by atoms with E-state index in [2.05, 4.69) is 26.9 Å². The predicted octanol–water partition coefficient (Wildman–Crippen LogP) is 2.07. The number of amides is 1. The molecule has 1 amide bonds. The highest BCUT2D eigenvalue weighted by Gasteiger charge is 2.41. The Balaban J connectivity index is 2.12. The summed E-state index contributed by atoms with van der Waals surface area (Å²) in [5, 5.41) is 14.4. The number of hydrogen-bond donors (Lipinski definition) is 2. The molecule has 2 aromatic heterocycles. The van der Waals surface area contributed by atoms with Gasteiger partial charge in [0, 0.05) is 34.9 Å². The molecule has 0 bridgehead atoms. The van der Waals surface area contributed by atoms with Gasteiger partial charge in [-0.2, -0.15) is 0 Å². The predicted molar refractivity (Wildman–Crippen MR) is 112 cm³/mol. The molecule has 2 N–H and O–H groups in total. The summed E-state index contributed by atoms with van der Waals surface area (Å²) in [4.78, 5) is 28.9. The van der Waals surface area contributed by atoms with Crippen molar-refractivity contribution >= 4 is 22.8 Å². The molecule has 0 aliphatic rings. The number of esters is 1. The van der Waals surface area contributed by atoms with Gasteiger partial charge in [-0.05, 0) is 30.3 Å². The number of nitrogens with zero attached hydrogens (tertiary/aromatic N) is 2. The van der Waals surface area contributed by atoms with Gasteiger partial charge in [0.15, 0.2) is 5.88 Å². The van der Waals surface area contributed by atoms with E-state index in [1.807, 2.05) is 0 Å². The van der Waals surface area contributed by atoms with Crippen LogP contribution >= 0.6 is 0 Å². The molecule has 0 fully saturated rings. The molecule has 3 aromatic rings. The second-order valence-corrected chi connectivity index (χ2v) is 6.54. The Morgan fingerprint density at radius 1 is 1.23 bits per heavy atom. The first-order valence-corrected chi connectivity index (χ1v) is 9.16. The van der Waals surface area contributed by atoms with Crippen molar-refractivity contribution < 1.29 is 28.9 Å². The summed E-state index contributed by atoms with van der Waals surface area (Å²) in [6, 6.07) is 8.56. The van der Waals surface area contributed by atoms with Crippen LogP contribution in [0, 0.1) is 11.8 Å². The lowest BCUT2D eigenvalue weighted by Crippen LogP contribution is -2.56. The van der Waals surface area contributed by atoms with Crippen LogP contribution in [0.5, 0.6) is 11.6 Å². The number of methoxy groups -OCH3 is 3. The summed E-state index contributed by atoms with van der Waals surface area (Å²) < 4.78 is 16.2. The molecule has 0 aliphatic carbocycles. The van der Waals surface area contributed by atoms with Crippen LogP contribution < -0.4 is 10.1 Å². The Morgan fingerprint density at radius 2 is 2.03 bits per heavy atom. The minimum atomic E-state index is -1.85. The fourth-order valence-electron chi connectivity index (χ4n) is 3.02. The lowest BCUT2D eigenvalue weighted by molar-refractivity contribution is -0.146. The molecule has 0 unspecified atom stereocenters. The molecule has 160 valence electrons. The maximum atomic E-state index is 12.8. The van der Waals surface area contributed by atoms with Crippen molar-refractivity contribution in [3.8, 4) is 23.5 Å². The zero-order valence-corrected chi connectivity index (χ0v) is 17.2. The standard InChI is InChI=1S/C22H21N3O6/c1-29-17-7-6-16-13-25(19(26)18(16)11-17)14-22(20(27)30-2,24-21(28)31-3)9-8-15-5-4-10-23-12-15/h4-7,10-13,26H,14H2,1-3H3,(H,24,28)/t22-/m1/s1. The van der Waals surface area contributed by atoms with E-state index in [-0.39, 0.29) is 12.4 Å². The van der Waals surface area contributed by atoms with Gasteiger partial charge in [-0.1, -0.05) is 11.8 Å². The number of aromatic nitrogens is 2. The molecule has 9 heteroatoms. The summed E-state index contributed by atoms with van der Waals surface area (Å²) >= 11 is 0. The zero-order valence-electron chi connectivity index (χ0n) is 17.2. The third kappa shape index (κ3) is 4.53. The van der Waals surface area contributed by atoms with Gasteiger partial charge in [-0.25, -0.2) is 9.59 Å². The largest absolute Gasteiger partial charge is 0.497 e. The summed E-state index contributed by atoms with van der Waals surface area (Å²) in [5.41, 5.74) is -1.33. The van der Waals surface area contributed by atoms with Crippen LogP contribution in [0.4, 0.5) is 4.79 Å². The van der Waals surface area contributed by atoms with Gasteiger partial charge in [0.2, 0.25) is 5.54 Å². The number of pyridine rings is 1. The maximum Gasteiger partial charge on any atom is 0.408 e. The molecule has 0 saturated carbocycles. The Hall–Kier alpha value is -4.19. The average molecular weight is 423 g/mol. The van der Waals surface area contributed by atoms with E-state index in [9.17, 15) is 14.7 Å². The van der Waals surface area contributed by atoms with Crippen LogP contribution in [0.1, 0.15) is 5.56 Å². The Kier molecular flexibility index (Phi) is 6.31. The first-order valence-electron chi connectivity index (χ1n) is 9.16. The number of alkyl carbamates (subject to hydrolysis) is 1. The van der Waals surface area contributed by atoms with Crippen LogP contribution in [0.15, 0.2) is 48.9 Å². The summed E-state index contributed by atoms with van der Waals surface area (Å²) in [7, 11) is 3.87. The van der Waals surface area contributed by atoms with Gasteiger partial charge < -0.3 is 23.9 Å². The lowest BCUT2D eigenvalue weighted by atomic mass is 9.99. The molecule has 9 nitrogen and oxygen atoms in total. The molecule has 0 spiro atoms. The molecule has 0 radical (unpaired) electrons. The highest BCUT2D eigenvalue weighted by Crippen LogP contribution is 2.31. The minimum Gasteiger partial charge on any atom is -0.497 e. The van der Waals surface area contributed by atoms with Crippen LogP contribution in [0.25, 0.3) is 10.8 Å². The number of fused-ring (bicyclic) bond motifs is 1. The molecular weight excluding hydrogens is 402 g/mol. The van der Waals surface area contributed by atoms with Crippen molar-refractivity contribution in [3.63, 3.8) is 0 Å². The number of benzene rings is 1. The number of carbonyl (C=O) groups is 2. The van der Waals surface area contributed by atoms with Gasteiger partial charge in [0.25, 0.3) is 0 Å². The van der Waals surface area contributed by atoms with Crippen LogP contribution in [0.3, 0.4) is 0 Å². The van der Waals surface area contributed by atoms with E-state index in [0.29, 0.717) is 22.1 Å². The topological polar surface area (TPSA) is 112 Å². The van der Waals surface area contributed by atoms with Crippen molar-refractivity contribution in [2.45, 2.75) is 12.1 Å².